The Hall–Kier alpha value is -1.75. The van der Waals surface area contributed by atoms with Crippen LogP contribution in [0.25, 0.3) is 0 Å². The zero-order chi connectivity index (χ0) is 14.2. The maximum Gasteiger partial charge on any atom is 0.221 e. The Bertz CT molecular complexity index is 594. The van der Waals surface area contributed by atoms with Crippen molar-refractivity contribution in [2.75, 3.05) is 5.32 Å². The molecule has 1 aliphatic rings. The van der Waals surface area contributed by atoms with Crippen LogP contribution in [0.15, 0.2) is 35.6 Å². The highest BCUT2D eigenvalue weighted by molar-refractivity contribution is 8.15. The van der Waals surface area contributed by atoms with E-state index in [2.05, 4.69) is 5.32 Å². The first-order valence-corrected chi connectivity index (χ1v) is 6.68. The van der Waals surface area contributed by atoms with Crippen molar-refractivity contribution >= 4 is 28.5 Å². The number of anilines is 1. The lowest BCUT2D eigenvalue weighted by Gasteiger charge is -2.23. The van der Waals surface area contributed by atoms with E-state index in [9.17, 15) is 14.7 Å². The number of benzene rings is 1. The van der Waals surface area contributed by atoms with Crippen molar-refractivity contribution < 1.29 is 14.7 Å². The number of carbonyl (C=O) groups is 2. The van der Waals surface area contributed by atoms with Crippen LogP contribution in [-0.4, -0.2) is 16.1 Å². The highest BCUT2D eigenvalue weighted by Gasteiger charge is 2.43. The van der Waals surface area contributed by atoms with Crippen LogP contribution in [0.3, 0.4) is 0 Å². The van der Waals surface area contributed by atoms with Crippen LogP contribution >= 0.6 is 11.8 Å². The summed E-state index contributed by atoms with van der Waals surface area (Å²) in [6.45, 7) is 4.85. The molecule has 0 spiro atoms. The summed E-state index contributed by atoms with van der Waals surface area (Å²) in [5.41, 5.74) is 1.82. The maximum absolute atomic E-state index is 11.7. The number of hydrogen-bond acceptors (Lipinski definition) is 4. The number of hydrogen-bond donors (Lipinski definition) is 2. The molecule has 2 rings (SSSR count). The maximum atomic E-state index is 11.7. The van der Waals surface area contributed by atoms with Gasteiger partial charge in [-0.15, -0.1) is 0 Å². The summed E-state index contributed by atoms with van der Waals surface area (Å²) in [4.78, 5) is 22.8. The zero-order valence-electron chi connectivity index (χ0n) is 11.0. The van der Waals surface area contributed by atoms with E-state index in [-0.39, 0.29) is 16.8 Å². The van der Waals surface area contributed by atoms with E-state index in [0.717, 1.165) is 17.3 Å². The molecule has 19 heavy (non-hydrogen) atoms. The number of aliphatic hydroxyl groups excluding tert-OH is 1. The van der Waals surface area contributed by atoms with Gasteiger partial charge in [-0.2, -0.15) is 0 Å². The van der Waals surface area contributed by atoms with E-state index in [1.54, 1.807) is 32.0 Å². The molecule has 0 bridgehead atoms. The van der Waals surface area contributed by atoms with Gasteiger partial charge in [0.1, 0.15) is 10.5 Å². The second-order valence-corrected chi connectivity index (χ2v) is 6.05. The smallest absolute Gasteiger partial charge is 0.221 e. The SMILES string of the molecule is CC(=O)Nc1cccc([C@]2(C)SC(=O)C(C)=C2O)c1. The largest absolute Gasteiger partial charge is 0.510 e. The van der Waals surface area contributed by atoms with Gasteiger partial charge in [0.25, 0.3) is 0 Å². The molecule has 1 aromatic rings. The molecule has 0 saturated heterocycles. The number of amides is 1. The highest BCUT2D eigenvalue weighted by atomic mass is 32.2. The first-order valence-electron chi connectivity index (χ1n) is 5.86. The summed E-state index contributed by atoms with van der Waals surface area (Å²) < 4.78 is -0.782. The third-order valence-electron chi connectivity index (χ3n) is 3.14. The molecule has 1 atom stereocenters. The summed E-state index contributed by atoms with van der Waals surface area (Å²) in [6.07, 6.45) is 0. The molecule has 0 saturated carbocycles. The van der Waals surface area contributed by atoms with E-state index < -0.39 is 4.75 Å². The average Bonchev–Trinajstić information content (AvgIpc) is 2.54. The molecule has 0 unspecified atom stereocenters. The minimum atomic E-state index is -0.782. The Kier molecular flexibility index (Phi) is 3.41. The summed E-state index contributed by atoms with van der Waals surface area (Å²) in [7, 11) is 0. The quantitative estimate of drug-likeness (QED) is 0.872. The monoisotopic (exact) mass is 277 g/mol. The fraction of sp³-hybridized carbons (Fsp3) is 0.286. The molecule has 4 nitrogen and oxygen atoms in total. The predicted octanol–water partition coefficient (Wildman–Crippen LogP) is 2.97. The Morgan fingerprint density at radius 3 is 2.63 bits per heavy atom. The van der Waals surface area contributed by atoms with Gasteiger partial charge in [-0.3, -0.25) is 9.59 Å². The van der Waals surface area contributed by atoms with Crippen molar-refractivity contribution in [1.29, 1.82) is 0 Å². The van der Waals surface area contributed by atoms with Gasteiger partial charge in [0.05, 0.1) is 0 Å². The van der Waals surface area contributed by atoms with Crippen LogP contribution in [0.1, 0.15) is 26.3 Å². The van der Waals surface area contributed by atoms with Gasteiger partial charge in [-0.25, -0.2) is 0 Å². The Morgan fingerprint density at radius 1 is 1.42 bits per heavy atom. The predicted molar refractivity (Wildman–Crippen MR) is 76.0 cm³/mol. The van der Waals surface area contributed by atoms with E-state index in [1.807, 2.05) is 6.07 Å². The summed E-state index contributed by atoms with van der Waals surface area (Å²) >= 11 is 1.09. The van der Waals surface area contributed by atoms with Crippen LogP contribution in [0.4, 0.5) is 5.69 Å². The van der Waals surface area contributed by atoms with Gasteiger partial charge >= 0.3 is 0 Å². The van der Waals surface area contributed by atoms with E-state index in [4.69, 9.17) is 0 Å². The Labute approximate surface area is 115 Å². The van der Waals surface area contributed by atoms with Crippen LogP contribution in [-0.2, 0) is 14.3 Å². The molecule has 0 aromatic heterocycles. The molecule has 5 heteroatoms. The van der Waals surface area contributed by atoms with E-state index in [1.165, 1.54) is 6.92 Å². The topological polar surface area (TPSA) is 66.4 Å². The Balaban J connectivity index is 2.43. The van der Waals surface area contributed by atoms with Crippen LogP contribution in [0, 0.1) is 0 Å². The molecule has 100 valence electrons. The highest BCUT2D eigenvalue weighted by Crippen LogP contribution is 2.49. The fourth-order valence-corrected chi connectivity index (χ4v) is 3.17. The molecule has 2 N–H and O–H groups in total. The minimum Gasteiger partial charge on any atom is -0.510 e. The van der Waals surface area contributed by atoms with Crippen molar-refractivity contribution in [1.82, 2.24) is 0 Å². The number of thioether (sulfide) groups is 1. The number of carbonyl (C=O) groups excluding carboxylic acids is 2. The minimum absolute atomic E-state index is 0.0856. The van der Waals surface area contributed by atoms with E-state index >= 15 is 0 Å². The fourth-order valence-electron chi connectivity index (χ4n) is 2.06. The van der Waals surface area contributed by atoms with Crippen molar-refractivity contribution in [3.8, 4) is 0 Å². The van der Waals surface area contributed by atoms with Gasteiger partial charge < -0.3 is 10.4 Å². The molecular formula is C14H15NO3S. The Morgan fingerprint density at radius 2 is 2.11 bits per heavy atom. The molecule has 1 aliphatic heterocycles. The van der Waals surface area contributed by atoms with Gasteiger partial charge in [0, 0.05) is 18.2 Å². The van der Waals surface area contributed by atoms with Crippen molar-refractivity contribution in [3.05, 3.63) is 41.2 Å². The number of rotatable bonds is 2. The molecule has 0 radical (unpaired) electrons. The van der Waals surface area contributed by atoms with Crippen LogP contribution < -0.4 is 5.32 Å². The van der Waals surface area contributed by atoms with Crippen LogP contribution in [0.2, 0.25) is 0 Å². The van der Waals surface area contributed by atoms with Crippen molar-refractivity contribution in [3.63, 3.8) is 0 Å². The van der Waals surface area contributed by atoms with Crippen LogP contribution in [0.5, 0.6) is 0 Å². The summed E-state index contributed by atoms with van der Waals surface area (Å²) in [6, 6.07) is 7.16. The van der Waals surface area contributed by atoms with Crippen molar-refractivity contribution in [2.24, 2.45) is 0 Å². The molecule has 0 fully saturated rings. The standard InChI is InChI=1S/C14H15NO3S/c1-8-12(17)14(3,19-13(8)18)10-5-4-6-11(7-10)15-9(2)16/h4-7,17H,1-3H3,(H,15,16)/t14-/m0/s1. The first-order chi connectivity index (χ1) is 8.84. The lowest BCUT2D eigenvalue weighted by Crippen LogP contribution is -2.18. The van der Waals surface area contributed by atoms with Gasteiger partial charge in [-0.1, -0.05) is 23.9 Å². The third kappa shape index (κ3) is 2.38. The zero-order valence-corrected chi connectivity index (χ0v) is 11.8. The van der Waals surface area contributed by atoms with Crippen molar-refractivity contribution in [2.45, 2.75) is 25.5 Å². The van der Waals surface area contributed by atoms with E-state index in [0.29, 0.717) is 11.3 Å². The van der Waals surface area contributed by atoms with Gasteiger partial charge in [-0.05, 0) is 31.5 Å². The second kappa shape index (κ2) is 4.74. The molecule has 1 heterocycles. The lowest BCUT2D eigenvalue weighted by molar-refractivity contribution is -0.114. The number of nitrogens with one attached hydrogen (secondary N) is 1. The summed E-state index contributed by atoms with van der Waals surface area (Å²) in [5.74, 6) is -0.0733. The summed E-state index contributed by atoms with van der Waals surface area (Å²) in [5, 5.41) is 12.7. The average molecular weight is 277 g/mol. The lowest BCUT2D eigenvalue weighted by atomic mass is 9.95. The third-order valence-corrected chi connectivity index (χ3v) is 4.47. The normalized spacial score (nSPS) is 22.8. The molecular weight excluding hydrogens is 262 g/mol. The second-order valence-electron chi connectivity index (χ2n) is 4.66. The molecule has 1 aromatic carbocycles. The molecule has 1 amide bonds. The van der Waals surface area contributed by atoms with Gasteiger partial charge in [0.2, 0.25) is 11.0 Å². The molecule has 0 aliphatic carbocycles. The number of aliphatic hydroxyl groups is 1. The van der Waals surface area contributed by atoms with Gasteiger partial charge in [0.15, 0.2) is 0 Å². The first kappa shape index (κ1) is 13.7.